The summed E-state index contributed by atoms with van der Waals surface area (Å²) in [5, 5.41) is 3.12. The number of nitrogens with two attached hydrogens (primary N) is 1. The van der Waals surface area contributed by atoms with Crippen molar-refractivity contribution in [3.8, 4) is 0 Å². The number of para-hydroxylation sites is 1. The predicted octanol–water partition coefficient (Wildman–Crippen LogP) is 3.18. The maximum Gasteiger partial charge on any atom is 0.232 e. The zero-order valence-electron chi connectivity index (χ0n) is 13.3. The van der Waals surface area contributed by atoms with E-state index in [1.54, 1.807) is 18.0 Å². The highest BCUT2D eigenvalue weighted by Gasteiger charge is 2.07. The van der Waals surface area contributed by atoms with Crippen LogP contribution in [0.2, 0.25) is 0 Å². The average Bonchev–Trinajstić information content (AvgIpc) is 3.03. The Kier molecular flexibility index (Phi) is 5.27. The Balaban J connectivity index is 1.61. The molecule has 0 aliphatic heterocycles. The number of thioether (sulfide) groups is 1. The molecule has 0 fully saturated rings. The van der Waals surface area contributed by atoms with Gasteiger partial charge in [0, 0.05) is 12.1 Å². The molecule has 0 saturated carbocycles. The van der Waals surface area contributed by atoms with Gasteiger partial charge in [-0.1, -0.05) is 25.1 Å². The van der Waals surface area contributed by atoms with E-state index in [4.69, 9.17) is 10.2 Å². The molecule has 124 valence electrons. The fraction of sp³-hybridized carbons (Fsp3) is 0.250. The van der Waals surface area contributed by atoms with Crippen molar-refractivity contribution in [1.82, 2.24) is 19.9 Å². The van der Waals surface area contributed by atoms with Crippen LogP contribution in [0, 0.1) is 0 Å². The number of aromatic nitrogens is 4. The zero-order chi connectivity index (χ0) is 16.8. The van der Waals surface area contributed by atoms with Crippen LogP contribution in [0.1, 0.15) is 24.4 Å². The number of benzene rings is 1. The fourth-order valence-corrected chi connectivity index (χ4v) is 2.74. The van der Waals surface area contributed by atoms with Crippen LogP contribution >= 0.6 is 11.8 Å². The lowest BCUT2D eigenvalue weighted by atomic mass is 10.3. The second kappa shape index (κ2) is 7.78. The molecule has 0 amide bonds. The highest BCUT2D eigenvalue weighted by molar-refractivity contribution is 7.97. The molecular formula is C16H18N6OS. The molecule has 0 unspecified atom stereocenters. The van der Waals surface area contributed by atoms with E-state index in [2.05, 4.69) is 25.3 Å². The van der Waals surface area contributed by atoms with Gasteiger partial charge in [0.2, 0.25) is 17.8 Å². The first kappa shape index (κ1) is 16.3. The molecular weight excluding hydrogens is 324 g/mol. The summed E-state index contributed by atoms with van der Waals surface area (Å²) in [4.78, 5) is 16.9. The third kappa shape index (κ3) is 4.45. The van der Waals surface area contributed by atoms with Gasteiger partial charge in [0.05, 0.1) is 17.7 Å². The lowest BCUT2D eigenvalue weighted by Gasteiger charge is -2.06. The van der Waals surface area contributed by atoms with Crippen molar-refractivity contribution >= 4 is 29.3 Å². The minimum atomic E-state index is 0.198. The van der Waals surface area contributed by atoms with Crippen LogP contribution in [0.5, 0.6) is 0 Å². The molecule has 0 aliphatic rings. The molecule has 7 nitrogen and oxygen atoms in total. The largest absolute Gasteiger partial charge is 0.445 e. The number of aryl methyl sites for hydroxylation is 1. The van der Waals surface area contributed by atoms with Gasteiger partial charge in [0.15, 0.2) is 0 Å². The van der Waals surface area contributed by atoms with Gasteiger partial charge < -0.3 is 15.5 Å². The number of hydrogen-bond donors (Lipinski definition) is 2. The molecule has 0 saturated heterocycles. The number of nitrogens with zero attached hydrogens (tertiary/aromatic N) is 4. The summed E-state index contributed by atoms with van der Waals surface area (Å²) in [6.45, 7) is 2.03. The summed E-state index contributed by atoms with van der Waals surface area (Å²) in [5.41, 5.74) is 6.67. The maximum atomic E-state index is 5.77. The first-order valence-corrected chi connectivity index (χ1v) is 8.72. The van der Waals surface area contributed by atoms with Gasteiger partial charge in [-0.15, -0.1) is 11.8 Å². The van der Waals surface area contributed by atoms with E-state index in [1.807, 2.05) is 37.3 Å². The van der Waals surface area contributed by atoms with Crippen molar-refractivity contribution < 1.29 is 4.42 Å². The molecule has 24 heavy (non-hydrogen) atoms. The van der Waals surface area contributed by atoms with Crippen LogP contribution in [-0.4, -0.2) is 19.9 Å². The SMILES string of the molecule is CCc1cnc(CSCc2nc(N)nc(Nc3ccccc3)n2)o1. The minimum absolute atomic E-state index is 0.198. The van der Waals surface area contributed by atoms with E-state index >= 15 is 0 Å². The number of rotatable bonds is 7. The standard InChI is InChI=1S/C16H18N6OS/c1-2-12-8-18-14(23-12)10-24-9-13-20-15(17)22-16(21-13)19-11-6-4-3-5-7-11/h3-8H,2,9-10H2,1H3,(H3,17,19,20,21,22). The number of anilines is 3. The van der Waals surface area contributed by atoms with E-state index in [0.29, 0.717) is 29.2 Å². The van der Waals surface area contributed by atoms with Gasteiger partial charge in [-0.2, -0.15) is 15.0 Å². The van der Waals surface area contributed by atoms with Crippen molar-refractivity contribution in [3.05, 3.63) is 54.0 Å². The van der Waals surface area contributed by atoms with Gasteiger partial charge in [-0.25, -0.2) is 4.98 Å². The van der Waals surface area contributed by atoms with E-state index in [9.17, 15) is 0 Å². The highest BCUT2D eigenvalue weighted by Crippen LogP contribution is 2.18. The molecule has 3 rings (SSSR count). The predicted molar refractivity (Wildman–Crippen MR) is 94.8 cm³/mol. The summed E-state index contributed by atoms with van der Waals surface area (Å²) in [6, 6.07) is 9.68. The summed E-state index contributed by atoms with van der Waals surface area (Å²) in [6.07, 6.45) is 2.61. The van der Waals surface area contributed by atoms with Crippen molar-refractivity contribution in [2.45, 2.75) is 24.9 Å². The molecule has 0 aliphatic carbocycles. The molecule has 3 N–H and O–H groups in total. The van der Waals surface area contributed by atoms with Gasteiger partial charge >= 0.3 is 0 Å². The van der Waals surface area contributed by atoms with Crippen LogP contribution in [0.3, 0.4) is 0 Å². The number of oxazole rings is 1. The Labute approximate surface area is 144 Å². The van der Waals surface area contributed by atoms with Crippen molar-refractivity contribution in [2.24, 2.45) is 0 Å². The molecule has 3 aromatic rings. The number of hydrogen-bond acceptors (Lipinski definition) is 8. The van der Waals surface area contributed by atoms with Gasteiger partial charge in [-0.05, 0) is 12.1 Å². The monoisotopic (exact) mass is 342 g/mol. The van der Waals surface area contributed by atoms with Gasteiger partial charge in [0.25, 0.3) is 0 Å². The molecule has 8 heteroatoms. The van der Waals surface area contributed by atoms with Crippen molar-refractivity contribution in [2.75, 3.05) is 11.1 Å². The van der Waals surface area contributed by atoms with Crippen LogP contribution in [0.25, 0.3) is 0 Å². The summed E-state index contributed by atoms with van der Waals surface area (Å²) < 4.78 is 5.58. The first-order valence-electron chi connectivity index (χ1n) is 7.56. The molecule has 2 heterocycles. The molecule has 0 atom stereocenters. The lowest BCUT2D eigenvalue weighted by molar-refractivity contribution is 0.476. The fourth-order valence-electron chi connectivity index (χ4n) is 2.02. The molecule has 0 bridgehead atoms. The van der Waals surface area contributed by atoms with Crippen LogP contribution in [0.4, 0.5) is 17.6 Å². The molecule has 2 aromatic heterocycles. The molecule has 1 aromatic carbocycles. The van der Waals surface area contributed by atoms with Crippen LogP contribution in [-0.2, 0) is 17.9 Å². The Morgan fingerprint density at radius 1 is 1.12 bits per heavy atom. The van der Waals surface area contributed by atoms with Gasteiger partial charge in [0.1, 0.15) is 11.6 Å². The zero-order valence-corrected chi connectivity index (χ0v) is 14.1. The summed E-state index contributed by atoms with van der Waals surface area (Å²) in [7, 11) is 0. The Morgan fingerprint density at radius 3 is 2.71 bits per heavy atom. The quantitative estimate of drug-likeness (QED) is 0.675. The van der Waals surface area contributed by atoms with Crippen molar-refractivity contribution in [3.63, 3.8) is 0 Å². The van der Waals surface area contributed by atoms with Crippen molar-refractivity contribution in [1.29, 1.82) is 0 Å². The van der Waals surface area contributed by atoms with Gasteiger partial charge in [-0.3, -0.25) is 0 Å². The van der Waals surface area contributed by atoms with E-state index in [0.717, 1.165) is 17.9 Å². The third-order valence-electron chi connectivity index (χ3n) is 3.14. The maximum absolute atomic E-state index is 5.77. The number of nitrogens with one attached hydrogen (secondary N) is 1. The average molecular weight is 342 g/mol. The second-order valence-electron chi connectivity index (χ2n) is 4.99. The minimum Gasteiger partial charge on any atom is -0.445 e. The third-order valence-corrected chi connectivity index (χ3v) is 4.05. The first-order chi connectivity index (χ1) is 11.7. The highest BCUT2D eigenvalue weighted by atomic mass is 32.2. The Bertz CT molecular complexity index is 792. The smallest absolute Gasteiger partial charge is 0.232 e. The normalized spacial score (nSPS) is 10.7. The Hall–Kier alpha value is -2.61. The topological polar surface area (TPSA) is 103 Å². The molecule has 0 radical (unpaired) electrons. The van der Waals surface area contributed by atoms with E-state index in [1.165, 1.54) is 0 Å². The van der Waals surface area contributed by atoms with E-state index in [-0.39, 0.29) is 5.95 Å². The van der Waals surface area contributed by atoms with Crippen LogP contribution in [0.15, 0.2) is 40.9 Å². The van der Waals surface area contributed by atoms with E-state index < -0.39 is 0 Å². The summed E-state index contributed by atoms with van der Waals surface area (Å²) >= 11 is 1.61. The lowest BCUT2D eigenvalue weighted by Crippen LogP contribution is -2.06. The Morgan fingerprint density at radius 2 is 1.96 bits per heavy atom. The second-order valence-corrected chi connectivity index (χ2v) is 5.98. The van der Waals surface area contributed by atoms with Crippen LogP contribution < -0.4 is 11.1 Å². The molecule has 0 spiro atoms. The number of nitrogen functional groups attached to an aromatic ring is 1. The summed E-state index contributed by atoms with van der Waals surface area (Å²) in [5.74, 6) is 4.11.